The van der Waals surface area contributed by atoms with E-state index in [9.17, 15) is 9.59 Å². The van der Waals surface area contributed by atoms with E-state index in [4.69, 9.17) is 28.6 Å². The van der Waals surface area contributed by atoms with Crippen LogP contribution in [0.15, 0.2) is 24.3 Å². The van der Waals surface area contributed by atoms with Gasteiger partial charge in [-0.15, -0.1) is 11.6 Å². The molecule has 3 atom stereocenters. The molecule has 9 heteroatoms. The molecule has 1 aliphatic heterocycles. The van der Waals surface area contributed by atoms with Crippen LogP contribution in [-0.2, 0) is 11.3 Å². The number of carbonyl (C=O) groups is 2. The minimum Gasteiger partial charge on any atom is -0.496 e. The molecule has 1 fully saturated rings. The Morgan fingerprint density at radius 2 is 2.21 bits per heavy atom. The van der Waals surface area contributed by atoms with Gasteiger partial charge in [-0.25, -0.2) is 0 Å². The van der Waals surface area contributed by atoms with Gasteiger partial charge in [0.1, 0.15) is 16.4 Å². The quantitative estimate of drug-likeness (QED) is 0.557. The van der Waals surface area contributed by atoms with E-state index in [2.05, 4.69) is 10.6 Å². The molecule has 1 aromatic heterocycles. The number of hydrogen-bond acceptors (Lipinski definition) is 5. The Kier molecular flexibility index (Phi) is 5.44. The minimum absolute atomic E-state index is 0.0182. The zero-order valence-corrected chi connectivity index (χ0v) is 17.6. The molecule has 0 spiro atoms. The van der Waals surface area contributed by atoms with Gasteiger partial charge in [0, 0.05) is 17.5 Å². The van der Waals surface area contributed by atoms with Crippen molar-refractivity contribution in [2.45, 2.75) is 37.2 Å². The predicted molar refractivity (Wildman–Crippen MR) is 112 cm³/mol. The highest BCUT2D eigenvalue weighted by Crippen LogP contribution is 2.44. The molecule has 2 N–H and O–H groups in total. The second-order valence-electron chi connectivity index (χ2n) is 6.98. The Hall–Kier alpha value is -1.90. The number of nitrogens with zero attached hydrogens (tertiary/aromatic N) is 1. The number of carbonyl (C=O) groups excluding carboxylic acids is 2. The molecule has 28 heavy (non-hydrogen) atoms. The van der Waals surface area contributed by atoms with E-state index in [0.717, 1.165) is 18.4 Å². The first-order chi connectivity index (χ1) is 13.5. The predicted octanol–water partition coefficient (Wildman–Crippen LogP) is 4.12. The summed E-state index contributed by atoms with van der Waals surface area (Å²) in [5.74, 6) is 0.728. The maximum atomic E-state index is 12.9. The first-order valence-corrected chi connectivity index (χ1v) is 10.8. The maximum absolute atomic E-state index is 12.9. The van der Waals surface area contributed by atoms with Gasteiger partial charge in [0.2, 0.25) is 5.91 Å². The summed E-state index contributed by atoms with van der Waals surface area (Å²) >= 11 is 13.1. The molecule has 0 bridgehead atoms. The fraction of sp³-hybridized carbons (Fsp3) is 0.421. The molecule has 3 unspecified atom stereocenters. The van der Waals surface area contributed by atoms with Crippen LogP contribution >= 0.6 is 35.2 Å². The molecule has 148 valence electrons. The lowest BCUT2D eigenvalue weighted by atomic mass is 9.82. The second kappa shape index (κ2) is 7.85. The smallest absolute Gasteiger partial charge is 0.265 e. The maximum Gasteiger partial charge on any atom is 0.265 e. The highest BCUT2D eigenvalue weighted by Gasteiger charge is 2.42. The SMILES string of the molecule is COc1ccccc1CNC(=O)c1sc(=S)n2c1NC(=O)C1CCC(Cl)CC12. The van der Waals surface area contributed by atoms with Crippen LogP contribution in [0.5, 0.6) is 5.75 Å². The van der Waals surface area contributed by atoms with Gasteiger partial charge in [-0.3, -0.25) is 9.59 Å². The van der Waals surface area contributed by atoms with Crippen LogP contribution in [0.25, 0.3) is 0 Å². The van der Waals surface area contributed by atoms with Crippen LogP contribution in [0.1, 0.15) is 40.5 Å². The Bertz CT molecular complexity index is 987. The summed E-state index contributed by atoms with van der Waals surface area (Å²) in [6.45, 7) is 0.316. The van der Waals surface area contributed by atoms with E-state index in [1.807, 2.05) is 28.8 Å². The molecule has 6 nitrogen and oxygen atoms in total. The minimum atomic E-state index is -0.271. The Balaban J connectivity index is 1.60. The van der Waals surface area contributed by atoms with Crippen molar-refractivity contribution in [3.8, 4) is 5.75 Å². The molecular formula is C19H20ClN3O3S2. The number of fused-ring (bicyclic) bond motifs is 3. The Morgan fingerprint density at radius 3 is 3.00 bits per heavy atom. The first-order valence-electron chi connectivity index (χ1n) is 9.10. The Morgan fingerprint density at radius 1 is 1.43 bits per heavy atom. The monoisotopic (exact) mass is 437 g/mol. The third-order valence-corrected chi connectivity index (χ3v) is 7.14. The molecule has 0 radical (unpaired) electrons. The lowest BCUT2D eigenvalue weighted by Crippen LogP contribution is -2.41. The molecule has 0 saturated heterocycles. The number of nitrogens with one attached hydrogen (secondary N) is 2. The van der Waals surface area contributed by atoms with Crippen LogP contribution in [0.2, 0.25) is 0 Å². The van der Waals surface area contributed by atoms with Crippen molar-refractivity contribution in [1.29, 1.82) is 0 Å². The van der Waals surface area contributed by atoms with Crippen LogP contribution in [0.3, 0.4) is 0 Å². The zero-order chi connectivity index (χ0) is 19.8. The standard InChI is InChI=1S/C19H20ClN3O3S2/c1-26-14-5-3-2-4-10(14)9-21-18(25)15-16-22-17(24)12-7-6-11(20)8-13(12)23(16)19(27)28-15/h2-5,11-13H,6-9H2,1H3,(H,21,25)(H,22,24). The van der Waals surface area contributed by atoms with Gasteiger partial charge >= 0.3 is 0 Å². The highest BCUT2D eigenvalue weighted by atomic mass is 35.5. The van der Waals surface area contributed by atoms with Crippen molar-refractivity contribution in [1.82, 2.24) is 9.88 Å². The number of halogens is 1. The fourth-order valence-electron chi connectivity index (χ4n) is 3.96. The normalized spacial score (nSPS) is 23.4. The summed E-state index contributed by atoms with van der Waals surface area (Å²) in [6.07, 6.45) is 2.23. The number of anilines is 1. The summed E-state index contributed by atoms with van der Waals surface area (Å²) < 4.78 is 7.82. The van der Waals surface area contributed by atoms with Crippen molar-refractivity contribution in [3.63, 3.8) is 0 Å². The number of benzene rings is 1. The molecule has 2 amide bonds. The highest BCUT2D eigenvalue weighted by molar-refractivity contribution is 7.73. The number of ether oxygens (including phenoxy) is 1. The van der Waals surface area contributed by atoms with Gasteiger partial charge in [0.05, 0.1) is 19.1 Å². The molecular weight excluding hydrogens is 418 g/mol. The first kappa shape index (κ1) is 19.4. The van der Waals surface area contributed by atoms with Gasteiger partial charge in [-0.2, -0.15) is 0 Å². The van der Waals surface area contributed by atoms with Crippen LogP contribution in [0, 0.1) is 9.87 Å². The molecule has 2 heterocycles. The van der Waals surface area contributed by atoms with Crippen molar-refractivity contribution >= 4 is 52.8 Å². The molecule has 2 aromatic rings. The third kappa shape index (κ3) is 3.44. The van der Waals surface area contributed by atoms with E-state index >= 15 is 0 Å². The zero-order valence-electron chi connectivity index (χ0n) is 15.2. The summed E-state index contributed by atoms with van der Waals surface area (Å²) in [5, 5.41) is 5.83. The molecule has 4 rings (SSSR count). The summed E-state index contributed by atoms with van der Waals surface area (Å²) in [4.78, 5) is 25.9. The summed E-state index contributed by atoms with van der Waals surface area (Å²) in [6, 6.07) is 7.42. The number of hydrogen-bond donors (Lipinski definition) is 2. The second-order valence-corrected chi connectivity index (χ2v) is 9.25. The number of aromatic nitrogens is 1. The number of thiazole rings is 1. The number of amides is 2. The van der Waals surface area contributed by atoms with Crippen molar-refractivity contribution in [2.24, 2.45) is 5.92 Å². The molecule has 1 aromatic carbocycles. The summed E-state index contributed by atoms with van der Waals surface area (Å²) in [5.41, 5.74) is 0.872. The van der Waals surface area contributed by atoms with Crippen LogP contribution in [-0.4, -0.2) is 28.9 Å². The van der Waals surface area contributed by atoms with E-state index in [-0.39, 0.29) is 29.2 Å². The number of methoxy groups -OCH3 is 1. The third-order valence-electron chi connectivity index (χ3n) is 5.34. The van der Waals surface area contributed by atoms with Gasteiger partial charge in [0.15, 0.2) is 3.95 Å². The van der Waals surface area contributed by atoms with Crippen molar-refractivity contribution in [3.05, 3.63) is 38.7 Å². The lowest BCUT2D eigenvalue weighted by molar-refractivity contribution is -0.123. The van der Waals surface area contributed by atoms with E-state index in [0.29, 0.717) is 33.4 Å². The van der Waals surface area contributed by atoms with E-state index < -0.39 is 0 Å². The lowest BCUT2D eigenvalue weighted by Gasteiger charge is -2.38. The number of rotatable bonds is 4. The van der Waals surface area contributed by atoms with E-state index in [1.54, 1.807) is 7.11 Å². The average molecular weight is 438 g/mol. The van der Waals surface area contributed by atoms with Crippen molar-refractivity contribution < 1.29 is 14.3 Å². The summed E-state index contributed by atoms with van der Waals surface area (Å²) in [7, 11) is 1.59. The largest absolute Gasteiger partial charge is 0.496 e. The number of para-hydroxylation sites is 1. The Labute approximate surface area is 176 Å². The van der Waals surface area contributed by atoms with Gasteiger partial charge in [0.25, 0.3) is 5.91 Å². The van der Waals surface area contributed by atoms with Gasteiger partial charge in [-0.05, 0) is 37.5 Å². The van der Waals surface area contributed by atoms with E-state index in [1.165, 1.54) is 11.3 Å². The molecule has 1 aliphatic carbocycles. The van der Waals surface area contributed by atoms with Gasteiger partial charge in [-0.1, -0.05) is 29.5 Å². The van der Waals surface area contributed by atoms with Crippen LogP contribution in [0.4, 0.5) is 5.82 Å². The van der Waals surface area contributed by atoms with Crippen LogP contribution < -0.4 is 15.4 Å². The number of alkyl halides is 1. The van der Waals surface area contributed by atoms with Gasteiger partial charge < -0.3 is 19.9 Å². The molecule has 1 saturated carbocycles. The fourth-order valence-corrected chi connectivity index (χ4v) is 5.66. The van der Waals surface area contributed by atoms with Crippen molar-refractivity contribution in [2.75, 3.05) is 12.4 Å². The average Bonchev–Trinajstić information content (AvgIpc) is 3.02. The topological polar surface area (TPSA) is 72.4 Å². The molecule has 2 aliphatic rings.